The Morgan fingerprint density at radius 1 is 1.40 bits per heavy atom. The van der Waals surface area contributed by atoms with E-state index in [-0.39, 0.29) is 24.1 Å². The van der Waals surface area contributed by atoms with E-state index in [0.29, 0.717) is 12.2 Å². The van der Waals surface area contributed by atoms with E-state index in [4.69, 9.17) is 4.74 Å². The first kappa shape index (κ1) is 14.6. The Bertz CT molecular complexity index is 582. The van der Waals surface area contributed by atoms with Gasteiger partial charge in [-0.25, -0.2) is 13.2 Å². The Hall–Kier alpha value is -1.82. The van der Waals surface area contributed by atoms with E-state index in [1.165, 1.54) is 4.90 Å². The lowest BCUT2D eigenvalue weighted by atomic mass is 10.2. The van der Waals surface area contributed by atoms with E-state index < -0.39 is 15.9 Å². The van der Waals surface area contributed by atoms with Gasteiger partial charge in [-0.3, -0.25) is 0 Å². The van der Waals surface area contributed by atoms with Crippen LogP contribution in [0.25, 0.3) is 0 Å². The fourth-order valence-corrected chi connectivity index (χ4v) is 3.91. The fourth-order valence-electron chi connectivity index (χ4n) is 2.18. The van der Waals surface area contributed by atoms with Gasteiger partial charge < -0.3 is 9.64 Å². The molecule has 1 aromatic rings. The molecule has 1 unspecified atom stereocenters. The van der Waals surface area contributed by atoms with Gasteiger partial charge in [0.15, 0.2) is 9.84 Å². The average Bonchev–Trinajstić information content (AvgIpc) is 2.77. The van der Waals surface area contributed by atoms with Crippen LogP contribution in [0, 0.1) is 0 Å². The van der Waals surface area contributed by atoms with Crippen LogP contribution < -0.4 is 4.74 Å². The topological polar surface area (TPSA) is 63.7 Å². The summed E-state index contributed by atoms with van der Waals surface area (Å²) in [7, 11) is -3.05. The van der Waals surface area contributed by atoms with Crippen molar-refractivity contribution in [3.63, 3.8) is 0 Å². The molecule has 0 N–H and O–H groups in total. The first-order valence-electron chi connectivity index (χ1n) is 6.36. The fraction of sp³-hybridized carbons (Fsp3) is 0.357. The second-order valence-corrected chi connectivity index (χ2v) is 6.91. The molecular formula is C14H17NO4S. The second kappa shape index (κ2) is 6.09. The van der Waals surface area contributed by atoms with Gasteiger partial charge in [-0.05, 0) is 18.6 Å². The average molecular weight is 295 g/mol. The highest BCUT2D eigenvalue weighted by Gasteiger charge is 2.35. The van der Waals surface area contributed by atoms with Crippen LogP contribution in [0.3, 0.4) is 0 Å². The minimum absolute atomic E-state index is 0.00920. The molecule has 1 aromatic carbocycles. The molecule has 1 amide bonds. The predicted octanol–water partition coefficient (Wildman–Crippen LogP) is 1.86. The lowest BCUT2D eigenvalue weighted by Crippen LogP contribution is -2.42. The highest BCUT2D eigenvalue weighted by Crippen LogP contribution is 2.19. The van der Waals surface area contributed by atoms with E-state index in [1.807, 2.05) is 6.07 Å². The molecule has 1 fully saturated rings. The van der Waals surface area contributed by atoms with Gasteiger partial charge in [-0.1, -0.05) is 24.3 Å². The van der Waals surface area contributed by atoms with Gasteiger partial charge in [0.1, 0.15) is 5.75 Å². The maximum atomic E-state index is 12.2. The molecule has 108 valence electrons. The van der Waals surface area contributed by atoms with Crippen LogP contribution >= 0.6 is 0 Å². The normalized spacial score (nSPS) is 20.3. The Labute approximate surface area is 118 Å². The zero-order chi connectivity index (χ0) is 14.6. The molecule has 0 aromatic heterocycles. The summed E-state index contributed by atoms with van der Waals surface area (Å²) in [5.41, 5.74) is 0. The van der Waals surface area contributed by atoms with Crippen LogP contribution in [0.2, 0.25) is 0 Å². The first-order valence-corrected chi connectivity index (χ1v) is 8.19. The molecule has 6 heteroatoms. The zero-order valence-corrected chi connectivity index (χ0v) is 11.9. The van der Waals surface area contributed by atoms with Crippen LogP contribution in [-0.2, 0) is 9.84 Å². The Kier molecular flexibility index (Phi) is 4.44. The molecule has 1 aliphatic rings. The van der Waals surface area contributed by atoms with Gasteiger partial charge in [0.25, 0.3) is 0 Å². The lowest BCUT2D eigenvalue weighted by molar-refractivity contribution is 0.142. The summed E-state index contributed by atoms with van der Waals surface area (Å²) in [5, 5.41) is 0. The number of benzene rings is 1. The molecular weight excluding hydrogens is 278 g/mol. The molecule has 5 nitrogen and oxygen atoms in total. The van der Waals surface area contributed by atoms with Crippen LogP contribution in [0.15, 0.2) is 43.0 Å². The number of ether oxygens (including phenoxy) is 1. The van der Waals surface area contributed by atoms with Crippen molar-refractivity contribution < 1.29 is 17.9 Å². The molecule has 1 heterocycles. The van der Waals surface area contributed by atoms with Gasteiger partial charge in [-0.15, -0.1) is 6.58 Å². The van der Waals surface area contributed by atoms with Gasteiger partial charge in [0.2, 0.25) is 0 Å². The van der Waals surface area contributed by atoms with E-state index in [1.54, 1.807) is 30.3 Å². The summed E-state index contributed by atoms with van der Waals surface area (Å²) in [4.78, 5) is 13.6. The van der Waals surface area contributed by atoms with Gasteiger partial charge >= 0.3 is 6.09 Å². The maximum absolute atomic E-state index is 12.2. The van der Waals surface area contributed by atoms with Crippen molar-refractivity contribution in [2.45, 2.75) is 12.5 Å². The number of nitrogens with zero attached hydrogens (tertiary/aromatic N) is 1. The number of hydrogen-bond acceptors (Lipinski definition) is 4. The third kappa shape index (κ3) is 3.60. The minimum Gasteiger partial charge on any atom is -0.410 e. The van der Waals surface area contributed by atoms with Gasteiger partial charge in [-0.2, -0.15) is 0 Å². The number of sulfone groups is 1. The first-order chi connectivity index (χ1) is 9.52. The molecule has 20 heavy (non-hydrogen) atoms. The predicted molar refractivity (Wildman–Crippen MR) is 76.4 cm³/mol. The smallest absolute Gasteiger partial charge is 0.410 e. The number of para-hydroxylation sites is 1. The van der Waals surface area contributed by atoms with Crippen molar-refractivity contribution in [2.75, 3.05) is 18.1 Å². The largest absolute Gasteiger partial charge is 0.415 e. The second-order valence-electron chi connectivity index (χ2n) is 4.68. The van der Waals surface area contributed by atoms with Crippen LogP contribution in [0.5, 0.6) is 5.75 Å². The third-order valence-corrected chi connectivity index (χ3v) is 4.91. The number of carbonyl (C=O) groups is 1. The zero-order valence-electron chi connectivity index (χ0n) is 11.1. The summed E-state index contributed by atoms with van der Waals surface area (Å²) in [6, 6.07) is 8.36. The van der Waals surface area contributed by atoms with Crippen molar-refractivity contribution in [3.05, 3.63) is 43.0 Å². The van der Waals surface area contributed by atoms with E-state index >= 15 is 0 Å². The summed E-state index contributed by atoms with van der Waals surface area (Å²) in [6.45, 7) is 3.87. The van der Waals surface area contributed by atoms with Crippen LogP contribution in [0.1, 0.15) is 6.42 Å². The number of carbonyl (C=O) groups excluding carboxylic acids is 1. The molecule has 0 aliphatic carbocycles. The quantitative estimate of drug-likeness (QED) is 0.795. The number of rotatable bonds is 4. The molecule has 2 rings (SSSR count). The highest BCUT2D eigenvalue weighted by molar-refractivity contribution is 7.91. The lowest BCUT2D eigenvalue weighted by Gasteiger charge is -2.25. The molecule has 1 aliphatic heterocycles. The van der Waals surface area contributed by atoms with Crippen molar-refractivity contribution in [1.29, 1.82) is 0 Å². The number of amides is 1. The van der Waals surface area contributed by atoms with E-state index in [2.05, 4.69) is 6.58 Å². The molecule has 0 radical (unpaired) electrons. The van der Waals surface area contributed by atoms with Gasteiger partial charge in [0, 0.05) is 6.54 Å². The summed E-state index contributed by atoms with van der Waals surface area (Å²) in [6.07, 6.45) is 1.47. The third-order valence-electron chi connectivity index (χ3n) is 3.16. The van der Waals surface area contributed by atoms with E-state index in [0.717, 1.165) is 0 Å². The molecule has 1 saturated heterocycles. The number of hydrogen-bond donors (Lipinski definition) is 0. The Morgan fingerprint density at radius 3 is 2.65 bits per heavy atom. The molecule has 0 spiro atoms. The standard InChI is InChI=1S/C14H17NO4S/c1-2-9-15(12-8-10-20(17,18)11-12)14(16)19-13-6-4-3-5-7-13/h2-7,12H,1,8-11H2. The minimum atomic E-state index is -3.05. The Balaban J connectivity index is 2.08. The van der Waals surface area contributed by atoms with Crippen molar-refractivity contribution >= 4 is 15.9 Å². The summed E-state index contributed by atoms with van der Waals surface area (Å²) in [5.74, 6) is 0.543. The van der Waals surface area contributed by atoms with Crippen molar-refractivity contribution in [1.82, 2.24) is 4.90 Å². The summed E-state index contributed by atoms with van der Waals surface area (Å²) >= 11 is 0. The monoisotopic (exact) mass is 295 g/mol. The molecule has 1 atom stereocenters. The SMILES string of the molecule is C=CCN(C(=O)Oc1ccccc1)C1CCS(=O)(=O)C1. The van der Waals surface area contributed by atoms with Crippen LogP contribution in [0.4, 0.5) is 4.79 Å². The Morgan fingerprint density at radius 2 is 2.10 bits per heavy atom. The van der Waals surface area contributed by atoms with Crippen LogP contribution in [-0.4, -0.2) is 43.5 Å². The van der Waals surface area contributed by atoms with Gasteiger partial charge in [0.05, 0.1) is 17.5 Å². The van der Waals surface area contributed by atoms with Crippen molar-refractivity contribution in [2.24, 2.45) is 0 Å². The molecule has 0 saturated carbocycles. The van der Waals surface area contributed by atoms with Crippen molar-refractivity contribution in [3.8, 4) is 5.75 Å². The summed E-state index contributed by atoms with van der Waals surface area (Å²) < 4.78 is 28.3. The molecule has 0 bridgehead atoms. The van der Waals surface area contributed by atoms with E-state index in [9.17, 15) is 13.2 Å². The maximum Gasteiger partial charge on any atom is 0.415 e. The highest BCUT2D eigenvalue weighted by atomic mass is 32.2.